The molecule has 1 unspecified atom stereocenters. The van der Waals surface area contributed by atoms with Crippen LogP contribution in [0.5, 0.6) is 0 Å². The van der Waals surface area contributed by atoms with Crippen molar-refractivity contribution in [2.75, 3.05) is 33.0 Å². The Hall–Kier alpha value is -0.940. The van der Waals surface area contributed by atoms with E-state index in [1.807, 2.05) is 5.57 Å². The van der Waals surface area contributed by atoms with Gasteiger partial charge in [-0.25, -0.2) is 0 Å². The molecule has 2 heterocycles. The van der Waals surface area contributed by atoms with Gasteiger partial charge in [0.05, 0.1) is 5.54 Å². The smallest absolute Gasteiger partial charge is 0.0652 e. The van der Waals surface area contributed by atoms with E-state index in [2.05, 4.69) is 56.9 Å². The molecule has 2 aliphatic heterocycles. The number of aliphatic hydroxyl groups excluding tert-OH is 2. The lowest BCUT2D eigenvalue weighted by Crippen LogP contribution is -2.73. The van der Waals surface area contributed by atoms with Crippen molar-refractivity contribution < 1.29 is 14.9 Å². The first-order valence-corrected chi connectivity index (χ1v) is 21.4. The van der Waals surface area contributed by atoms with Crippen LogP contribution < -0.4 is 0 Å². The summed E-state index contributed by atoms with van der Waals surface area (Å²) in [6.45, 7) is 14.2. The predicted molar refractivity (Wildman–Crippen MR) is 200 cm³/mol. The summed E-state index contributed by atoms with van der Waals surface area (Å²) in [6, 6.07) is 0. The Bertz CT molecular complexity index is 1340. The molecular formula is C45H71NO3. The van der Waals surface area contributed by atoms with E-state index in [0.29, 0.717) is 35.5 Å². The molecule has 274 valence electrons. The summed E-state index contributed by atoms with van der Waals surface area (Å²) in [7, 11) is 0. The van der Waals surface area contributed by atoms with Crippen LogP contribution in [0.25, 0.3) is 0 Å². The van der Waals surface area contributed by atoms with Gasteiger partial charge in [0.25, 0.3) is 0 Å². The van der Waals surface area contributed by atoms with E-state index in [1.165, 1.54) is 116 Å². The molecule has 0 radical (unpaired) electrons. The largest absolute Gasteiger partial charge is 0.396 e. The number of unbranched alkanes of at least 4 members (excludes halogenated alkanes) is 1. The molecule has 4 heteroatoms. The van der Waals surface area contributed by atoms with Gasteiger partial charge in [-0.3, -0.25) is 4.90 Å². The van der Waals surface area contributed by atoms with E-state index in [9.17, 15) is 10.2 Å². The molecule has 49 heavy (non-hydrogen) atoms. The zero-order chi connectivity index (χ0) is 34.1. The number of hydrogen-bond donors (Lipinski definition) is 2. The monoisotopic (exact) mass is 674 g/mol. The third-order valence-electron chi connectivity index (χ3n) is 18.0. The van der Waals surface area contributed by atoms with Crippen LogP contribution in [0.4, 0.5) is 0 Å². The highest BCUT2D eigenvalue weighted by molar-refractivity contribution is 5.54. The lowest BCUT2D eigenvalue weighted by molar-refractivity contribution is -0.231. The number of rotatable bonds is 15. The van der Waals surface area contributed by atoms with Gasteiger partial charge in [0.15, 0.2) is 0 Å². The first kappa shape index (κ1) is 35.1. The van der Waals surface area contributed by atoms with Gasteiger partial charge in [-0.1, -0.05) is 81.9 Å². The normalized spacial score (nSPS) is 47.6. The van der Waals surface area contributed by atoms with E-state index in [-0.39, 0.29) is 16.4 Å². The molecule has 2 bridgehead atoms. The van der Waals surface area contributed by atoms with Crippen LogP contribution in [0.2, 0.25) is 0 Å². The highest BCUT2D eigenvalue weighted by Gasteiger charge is 2.87. The average molecular weight is 674 g/mol. The number of allylic oxidation sites excluding steroid dienone is 3. The van der Waals surface area contributed by atoms with Crippen molar-refractivity contribution in [2.45, 2.75) is 161 Å². The summed E-state index contributed by atoms with van der Waals surface area (Å²) < 4.78 is 6.54. The lowest BCUT2D eigenvalue weighted by Gasteiger charge is -2.74. The van der Waals surface area contributed by atoms with E-state index in [0.717, 1.165) is 49.7 Å². The van der Waals surface area contributed by atoms with Gasteiger partial charge >= 0.3 is 0 Å². The van der Waals surface area contributed by atoms with Gasteiger partial charge in [-0.05, 0) is 144 Å². The molecule has 12 atom stereocenters. The summed E-state index contributed by atoms with van der Waals surface area (Å²) in [5, 5.41) is 19.0. The molecule has 0 amide bonds. The first-order chi connectivity index (χ1) is 23.8. The molecule has 8 aliphatic rings. The minimum Gasteiger partial charge on any atom is -0.396 e. The fourth-order valence-electron chi connectivity index (χ4n) is 16.1. The molecule has 8 rings (SSSR count). The van der Waals surface area contributed by atoms with Gasteiger partial charge in [-0.15, -0.1) is 0 Å². The maximum absolute atomic E-state index is 9.70. The fraction of sp³-hybridized carbons (Fsp3) is 0.867. The molecule has 0 aromatic heterocycles. The highest BCUT2D eigenvalue weighted by atomic mass is 16.5. The molecule has 4 spiro atoms. The maximum atomic E-state index is 9.70. The molecule has 0 aromatic carbocycles. The summed E-state index contributed by atoms with van der Waals surface area (Å²) in [6.07, 6.45) is 35.2. The third kappa shape index (κ3) is 4.54. The standard InChI is InChI=1S/C45H71NO3/c1-5-35(13-9-26-47)12-6-7-28-49-29-19-37-15-8-21-41(37)30-34(3)44-25-16-33(2)39(44)31-45(41)40(44,4)20-11-22-43(45)24-18-38-36(14-10-27-48)17-23-42(38)32-46(42)43/h11,18,22,24,34-38,47-48H,5-10,12-17,19-21,23,25-32H2,1-4H3/t34-,35+,36-,37-,38+,40-,41+,42+,43-,44-,45-,46?/m1/s1. The molecule has 4 nitrogen and oxygen atoms in total. The highest BCUT2D eigenvalue weighted by Crippen LogP contribution is 2.90. The Morgan fingerprint density at radius 3 is 2.63 bits per heavy atom. The third-order valence-corrected chi connectivity index (χ3v) is 18.0. The van der Waals surface area contributed by atoms with Crippen molar-refractivity contribution in [3.8, 4) is 0 Å². The number of hydrogen-bond acceptors (Lipinski definition) is 4. The van der Waals surface area contributed by atoms with Crippen molar-refractivity contribution >= 4 is 0 Å². The Morgan fingerprint density at radius 1 is 0.980 bits per heavy atom. The summed E-state index contributed by atoms with van der Waals surface area (Å²) in [5.41, 5.74) is 5.32. The van der Waals surface area contributed by atoms with Crippen LogP contribution >= 0.6 is 0 Å². The van der Waals surface area contributed by atoms with Crippen molar-refractivity contribution in [1.82, 2.24) is 4.90 Å². The molecule has 5 fully saturated rings. The quantitative estimate of drug-likeness (QED) is 0.103. The Balaban J connectivity index is 1.09. The number of fused-ring (bicyclic) bond motifs is 1. The Morgan fingerprint density at radius 2 is 1.82 bits per heavy atom. The van der Waals surface area contributed by atoms with Crippen LogP contribution in [-0.2, 0) is 4.74 Å². The van der Waals surface area contributed by atoms with E-state index in [4.69, 9.17) is 4.74 Å². The van der Waals surface area contributed by atoms with Gasteiger partial charge in [0, 0.05) is 49.3 Å². The summed E-state index contributed by atoms with van der Waals surface area (Å²) in [4.78, 5) is 3.12. The van der Waals surface area contributed by atoms with Crippen LogP contribution in [-0.4, -0.2) is 59.2 Å². The maximum Gasteiger partial charge on any atom is 0.0652 e. The van der Waals surface area contributed by atoms with Crippen LogP contribution in [0, 0.1) is 51.2 Å². The van der Waals surface area contributed by atoms with Crippen molar-refractivity contribution in [2.24, 2.45) is 51.2 Å². The number of ether oxygens (including phenoxy) is 1. The zero-order valence-electron chi connectivity index (χ0n) is 31.9. The first-order valence-electron chi connectivity index (χ1n) is 21.4. The van der Waals surface area contributed by atoms with Crippen LogP contribution in [0.3, 0.4) is 0 Å². The van der Waals surface area contributed by atoms with E-state index in [1.54, 1.807) is 5.57 Å². The Labute approximate surface area is 299 Å². The number of aliphatic hydroxyl groups is 2. The zero-order valence-corrected chi connectivity index (χ0v) is 31.9. The second kappa shape index (κ2) is 12.9. The summed E-state index contributed by atoms with van der Waals surface area (Å²) >= 11 is 0. The van der Waals surface area contributed by atoms with Crippen molar-refractivity contribution in [1.29, 1.82) is 0 Å². The molecule has 0 aromatic rings. The molecular weight excluding hydrogens is 602 g/mol. The second-order valence-electron chi connectivity index (χ2n) is 19.2. The van der Waals surface area contributed by atoms with E-state index < -0.39 is 0 Å². The molecule has 2 N–H and O–H groups in total. The minimum absolute atomic E-state index is 0.0302. The molecule has 4 saturated carbocycles. The second-order valence-corrected chi connectivity index (χ2v) is 19.2. The van der Waals surface area contributed by atoms with Gasteiger partial charge in [-0.2, -0.15) is 0 Å². The molecule has 1 saturated heterocycles. The average Bonchev–Trinajstić information content (AvgIpc) is 3.27. The van der Waals surface area contributed by atoms with Gasteiger partial charge in [0.2, 0.25) is 0 Å². The topological polar surface area (TPSA) is 52.7 Å². The Kier molecular flexibility index (Phi) is 9.22. The van der Waals surface area contributed by atoms with Gasteiger partial charge < -0.3 is 14.9 Å². The van der Waals surface area contributed by atoms with Crippen LogP contribution in [0.1, 0.15) is 150 Å². The SMILES string of the molecule is CC[C@H](CCCO)CCCCOCC[C@H]1CCC[C@]12C[C@@H](C)[C@]13CCC(C)=C1C[C@]21[C@@]2(C=CC[C@@]13C)C=C[C@H]1[C@H](CCCO)CC[C@]13CN32. The lowest BCUT2D eigenvalue weighted by atomic mass is 9.31. The number of nitrogens with zero attached hydrogens (tertiary/aromatic N) is 1. The van der Waals surface area contributed by atoms with Crippen LogP contribution in [0.15, 0.2) is 35.5 Å². The fourth-order valence-corrected chi connectivity index (χ4v) is 16.1. The van der Waals surface area contributed by atoms with Crippen molar-refractivity contribution in [3.63, 3.8) is 0 Å². The molecule has 6 aliphatic carbocycles. The van der Waals surface area contributed by atoms with E-state index >= 15 is 0 Å². The van der Waals surface area contributed by atoms with Crippen molar-refractivity contribution in [3.05, 3.63) is 35.5 Å². The van der Waals surface area contributed by atoms with Gasteiger partial charge in [0.1, 0.15) is 0 Å². The summed E-state index contributed by atoms with van der Waals surface area (Å²) in [5.74, 6) is 3.68. The predicted octanol–water partition coefficient (Wildman–Crippen LogP) is 9.80. The minimum atomic E-state index is 0.0302.